The fourth-order valence-electron chi connectivity index (χ4n) is 0. The van der Waals surface area contributed by atoms with E-state index in [0.717, 1.165) is 10.7 Å². The predicted octanol–water partition coefficient (Wildman–Crippen LogP) is -3.18. The number of hydrogen-bond donors (Lipinski definition) is 0. The Labute approximate surface area is 90.3 Å². The average molecular weight is 204 g/mol. The Morgan fingerprint density at radius 2 is 0.727 bits per heavy atom. The molecule has 0 amide bonds. The first kappa shape index (κ1) is 70.2. The summed E-state index contributed by atoms with van der Waals surface area (Å²) < 4.78 is 0. The molecule has 0 heterocycles. The Bertz CT molecular complexity index is 33.1. The Morgan fingerprint density at radius 3 is 0.727 bits per heavy atom. The maximum atomic E-state index is 8.00. The van der Waals surface area contributed by atoms with E-state index >= 15 is 0 Å². The first-order valence-corrected chi connectivity index (χ1v) is 0.730. The van der Waals surface area contributed by atoms with Crippen molar-refractivity contribution in [1.29, 1.82) is 0 Å². The van der Waals surface area contributed by atoms with Crippen molar-refractivity contribution >= 4 is 37.7 Å². The molecule has 0 saturated carbocycles. The summed E-state index contributed by atoms with van der Waals surface area (Å²) in [5.74, 6) is 0. The van der Waals surface area contributed by atoms with Gasteiger partial charge in [0.2, 0.25) is 0 Å². The van der Waals surface area contributed by atoms with Gasteiger partial charge in [-0.1, -0.05) is 0 Å². The zero-order valence-corrected chi connectivity index (χ0v) is 7.44. The second-order valence-corrected chi connectivity index (χ2v) is 0.149. The minimum absolute atomic E-state index is 0. The van der Waals surface area contributed by atoms with Gasteiger partial charge in [0.25, 0.3) is 0 Å². The number of rotatable bonds is 0. The van der Waals surface area contributed by atoms with Crippen molar-refractivity contribution < 1.29 is 21.9 Å². The van der Waals surface area contributed by atoms with Crippen LogP contribution in [0.2, 0.25) is 0 Å². The molecule has 11 heteroatoms. The number of nitrogens with zero attached hydrogens (tertiary/aromatic N) is 2. The zero-order valence-electron chi connectivity index (χ0n) is 5.23. The predicted molar refractivity (Wildman–Crippen MR) is 38.5 cm³/mol. The SMILES string of the molecule is O.O.O.O.O=N[O-].O=N[O-].[Ca+2]. The van der Waals surface area contributed by atoms with Crippen molar-refractivity contribution in [3.05, 3.63) is 20.2 Å². The third-order valence-electron chi connectivity index (χ3n) is 0. The molecule has 0 aromatic heterocycles. The van der Waals surface area contributed by atoms with Crippen molar-refractivity contribution in [1.82, 2.24) is 0 Å². The van der Waals surface area contributed by atoms with Crippen LogP contribution in [0.1, 0.15) is 0 Å². The summed E-state index contributed by atoms with van der Waals surface area (Å²) in [6.45, 7) is 0. The van der Waals surface area contributed by atoms with E-state index in [1.165, 1.54) is 0 Å². The summed E-state index contributed by atoms with van der Waals surface area (Å²) >= 11 is 0. The standard InChI is InChI=1S/Ca.2HNO2.4H2O/c;2*2-1-3;;;;/h;2*(H,2,3);4*1H2/q+2;;;;;;/p-2. The van der Waals surface area contributed by atoms with Crippen LogP contribution >= 0.6 is 0 Å². The van der Waals surface area contributed by atoms with Crippen molar-refractivity contribution in [3.63, 3.8) is 0 Å². The molecule has 0 unspecified atom stereocenters. The van der Waals surface area contributed by atoms with Crippen LogP contribution in [0.3, 0.4) is 0 Å². The molecule has 0 aliphatic carbocycles. The van der Waals surface area contributed by atoms with Gasteiger partial charge >= 0.3 is 37.7 Å². The molecule has 0 aliphatic heterocycles. The second-order valence-electron chi connectivity index (χ2n) is 0.149. The molecule has 0 atom stereocenters. The molecular weight excluding hydrogens is 196 g/mol. The molecular formula is H8CaN2O8. The minimum Gasteiger partial charge on any atom is -0.444 e. The Kier molecular flexibility index (Phi) is 1390. The topological polar surface area (TPSA) is 231 Å². The molecule has 10 nitrogen and oxygen atoms in total. The summed E-state index contributed by atoms with van der Waals surface area (Å²) in [6, 6.07) is 0. The third-order valence-corrected chi connectivity index (χ3v) is 0. The minimum atomic E-state index is 0. The molecule has 8 N–H and O–H groups in total. The smallest absolute Gasteiger partial charge is 0.444 e. The molecule has 11 heavy (non-hydrogen) atoms. The maximum Gasteiger partial charge on any atom is 2.00 e. The van der Waals surface area contributed by atoms with E-state index in [-0.39, 0.29) is 59.6 Å². The fourth-order valence-corrected chi connectivity index (χ4v) is 0. The van der Waals surface area contributed by atoms with Crippen LogP contribution < -0.4 is 0 Å². The van der Waals surface area contributed by atoms with Gasteiger partial charge in [-0.2, -0.15) is 0 Å². The van der Waals surface area contributed by atoms with Gasteiger partial charge in [-0.15, -0.1) is 10.7 Å². The van der Waals surface area contributed by atoms with Crippen molar-refractivity contribution in [2.75, 3.05) is 0 Å². The van der Waals surface area contributed by atoms with Crippen molar-refractivity contribution in [2.24, 2.45) is 10.7 Å². The van der Waals surface area contributed by atoms with Crippen LogP contribution in [0.25, 0.3) is 0 Å². The van der Waals surface area contributed by atoms with Crippen LogP contribution in [0.4, 0.5) is 0 Å². The molecule has 0 rings (SSSR count). The van der Waals surface area contributed by atoms with Crippen LogP contribution in [-0.4, -0.2) is 59.6 Å². The molecule has 0 bridgehead atoms. The van der Waals surface area contributed by atoms with Gasteiger partial charge in [0.1, 0.15) is 0 Å². The number of hydrogen-bond acceptors (Lipinski definition) is 6. The van der Waals surface area contributed by atoms with Crippen LogP contribution in [0.15, 0.2) is 10.7 Å². The van der Waals surface area contributed by atoms with Gasteiger partial charge in [-0.05, 0) is 0 Å². The van der Waals surface area contributed by atoms with Crippen molar-refractivity contribution in [2.45, 2.75) is 0 Å². The van der Waals surface area contributed by atoms with Gasteiger partial charge in [0.05, 0.1) is 0 Å². The summed E-state index contributed by atoms with van der Waals surface area (Å²) in [6.07, 6.45) is 0. The average Bonchev–Trinajstić information content (AvgIpc) is 1.39. The van der Waals surface area contributed by atoms with Crippen molar-refractivity contribution in [3.8, 4) is 0 Å². The first-order chi connectivity index (χ1) is 2.83. The summed E-state index contributed by atoms with van der Waals surface area (Å²) in [5.41, 5.74) is 0. The fraction of sp³-hybridized carbons (Fsp3) is 0. The quantitative estimate of drug-likeness (QED) is 0.225. The second kappa shape index (κ2) is 217. The Balaban J connectivity index is -0.00000000400. The largest absolute Gasteiger partial charge is 2.00 e. The van der Waals surface area contributed by atoms with E-state index in [0.29, 0.717) is 0 Å². The van der Waals surface area contributed by atoms with Crippen LogP contribution in [-0.2, 0) is 0 Å². The van der Waals surface area contributed by atoms with E-state index in [2.05, 4.69) is 0 Å². The third kappa shape index (κ3) is 61500. The van der Waals surface area contributed by atoms with Gasteiger partial charge in [0.15, 0.2) is 0 Å². The molecule has 68 valence electrons. The Morgan fingerprint density at radius 1 is 0.727 bits per heavy atom. The summed E-state index contributed by atoms with van der Waals surface area (Å²) in [5, 5.41) is 18.0. The Hall–Kier alpha value is -0.100. The van der Waals surface area contributed by atoms with Crippen LogP contribution in [0.5, 0.6) is 0 Å². The zero-order chi connectivity index (χ0) is 5.41. The van der Waals surface area contributed by atoms with Crippen LogP contribution in [0, 0.1) is 20.2 Å². The molecule has 0 saturated heterocycles. The molecule has 0 aliphatic rings. The molecule has 0 spiro atoms. The summed E-state index contributed by atoms with van der Waals surface area (Å²) in [4.78, 5) is 16.0. The monoisotopic (exact) mass is 204 g/mol. The van der Waals surface area contributed by atoms with E-state index in [1.807, 2.05) is 0 Å². The van der Waals surface area contributed by atoms with E-state index in [4.69, 9.17) is 20.2 Å². The normalized spacial score (nSPS) is 2.18. The van der Waals surface area contributed by atoms with Gasteiger partial charge in [0, 0.05) is 0 Å². The molecule has 0 fully saturated rings. The summed E-state index contributed by atoms with van der Waals surface area (Å²) in [7, 11) is 0. The van der Waals surface area contributed by atoms with Gasteiger partial charge in [-0.25, -0.2) is 0 Å². The van der Waals surface area contributed by atoms with E-state index in [9.17, 15) is 0 Å². The maximum absolute atomic E-state index is 8.00. The van der Waals surface area contributed by atoms with E-state index in [1.54, 1.807) is 0 Å². The molecule has 0 aromatic carbocycles. The van der Waals surface area contributed by atoms with Gasteiger partial charge in [-0.3, -0.25) is 0 Å². The van der Waals surface area contributed by atoms with E-state index < -0.39 is 0 Å². The molecule has 0 aromatic rings. The molecule has 0 radical (unpaired) electrons. The first-order valence-electron chi connectivity index (χ1n) is 0.730. The van der Waals surface area contributed by atoms with Gasteiger partial charge < -0.3 is 42.1 Å².